The molecule has 0 bridgehead atoms. The van der Waals surface area contributed by atoms with Crippen molar-refractivity contribution >= 4 is 23.1 Å². The predicted octanol–water partition coefficient (Wildman–Crippen LogP) is 1.77. The topological polar surface area (TPSA) is 25.8 Å². The van der Waals surface area contributed by atoms with Gasteiger partial charge in [0, 0.05) is 0 Å². The van der Waals surface area contributed by atoms with Crippen LogP contribution in [0.3, 0.4) is 0 Å². The maximum absolute atomic E-state index is 3.77. The third-order valence-electron chi connectivity index (χ3n) is 0.524. The fraction of sp³-hybridized carbons (Fsp3) is 0. The van der Waals surface area contributed by atoms with Crippen LogP contribution in [-0.2, 0) is 0 Å². The van der Waals surface area contributed by atoms with Crippen molar-refractivity contribution in [2.45, 2.75) is 4.34 Å². The molecule has 1 aromatic rings. The van der Waals surface area contributed by atoms with E-state index in [-0.39, 0.29) is 0 Å². The Morgan fingerprint density at radius 2 is 2.75 bits per heavy atom. The van der Waals surface area contributed by atoms with Gasteiger partial charge in [0.15, 0.2) is 4.34 Å². The highest BCUT2D eigenvalue weighted by Gasteiger charge is 1.89. The lowest BCUT2D eigenvalue weighted by molar-refractivity contribution is 1.01. The Hall–Kier alpha value is -0.350. The van der Waals surface area contributed by atoms with Crippen LogP contribution in [-0.4, -0.2) is 10.2 Å². The summed E-state index contributed by atoms with van der Waals surface area (Å²) in [6.45, 7) is 3.54. The Labute approximate surface area is 55.6 Å². The third-order valence-corrected chi connectivity index (χ3v) is 2.03. The molecule has 0 spiro atoms. The molecule has 0 aliphatic heterocycles. The Bertz CT molecular complexity index is 159. The summed E-state index contributed by atoms with van der Waals surface area (Å²) in [5.41, 5.74) is 1.70. The molecule has 0 aromatic carbocycles. The van der Waals surface area contributed by atoms with Gasteiger partial charge in [-0.25, -0.2) is 0 Å². The van der Waals surface area contributed by atoms with E-state index in [0.29, 0.717) is 0 Å². The predicted molar refractivity (Wildman–Crippen MR) is 36.0 cm³/mol. The summed E-state index contributed by atoms with van der Waals surface area (Å²) >= 11 is 3.01. The van der Waals surface area contributed by atoms with E-state index in [1.807, 2.05) is 0 Å². The molecule has 4 heteroatoms. The number of hydrogen-bond donors (Lipinski definition) is 0. The first-order chi connectivity index (χ1) is 3.93. The van der Waals surface area contributed by atoms with E-state index in [9.17, 15) is 0 Å². The third kappa shape index (κ3) is 1.31. The molecule has 0 atom stereocenters. The highest BCUT2D eigenvalue weighted by atomic mass is 32.2. The minimum absolute atomic E-state index is 0.944. The smallest absolute Gasteiger partial charge is 0.146 e. The Morgan fingerprint density at radius 1 is 1.88 bits per heavy atom. The van der Waals surface area contributed by atoms with Crippen LogP contribution in [0.1, 0.15) is 0 Å². The fourth-order valence-electron chi connectivity index (χ4n) is 0.286. The second-order valence-electron chi connectivity index (χ2n) is 0.989. The van der Waals surface area contributed by atoms with Crippen molar-refractivity contribution < 1.29 is 0 Å². The largest absolute Gasteiger partial charge is 0.178 e. The van der Waals surface area contributed by atoms with Crippen molar-refractivity contribution in [3.63, 3.8) is 0 Å². The average Bonchev–Trinajstić information content (AvgIpc) is 2.19. The van der Waals surface area contributed by atoms with Crippen molar-refractivity contribution in [2.75, 3.05) is 0 Å². The Morgan fingerprint density at radius 3 is 3.25 bits per heavy atom. The highest BCUT2D eigenvalue weighted by molar-refractivity contribution is 8.03. The van der Waals surface area contributed by atoms with Gasteiger partial charge in [0.2, 0.25) is 0 Å². The summed E-state index contributed by atoms with van der Waals surface area (Å²) < 4.78 is 0.944. The van der Waals surface area contributed by atoms with Crippen molar-refractivity contribution in [3.8, 4) is 0 Å². The second kappa shape index (κ2) is 2.84. The molecular formula is C4H4N2S2. The van der Waals surface area contributed by atoms with E-state index in [1.165, 1.54) is 23.1 Å². The van der Waals surface area contributed by atoms with Gasteiger partial charge < -0.3 is 0 Å². The first-order valence-corrected chi connectivity index (χ1v) is 3.73. The van der Waals surface area contributed by atoms with Crippen molar-refractivity contribution in [1.29, 1.82) is 0 Å². The Kier molecular flexibility index (Phi) is 2.05. The molecule has 1 heterocycles. The first kappa shape index (κ1) is 5.78. The van der Waals surface area contributed by atoms with E-state index in [2.05, 4.69) is 16.8 Å². The van der Waals surface area contributed by atoms with Gasteiger partial charge in [0.25, 0.3) is 0 Å². The normalized spacial score (nSPS) is 9.00. The molecule has 0 unspecified atom stereocenters. The van der Waals surface area contributed by atoms with Gasteiger partial charge in [-0.1, -0.05) is 29.7 Å². The average molecular weight is 144 g/mol. The van der Waals surface area contributed by atoms with Crippen LogP contribution in [0.4, 0.5) is 0 Å². The monoisotopic (exact) mass is 144 g/mol. The molecule has 0 aliphatic carbocycles. The first-order valence-electron chi connectivity index (χ1n) is 1.97. The zero-order chi connectivity index (χ0) is 5.82. The van der Waals surface area contributed by atoms with Gasteiger partial charge >= 0.3 is 0 Å². The van der Waals surface area contributed by atoms with Crippen LogP contribution in [0.2, 0.25) is 0 Å². The standard InChI is InChI=1S/C4H4N2S2/c1-2-7-4-6-5-3-8-4/h2-3H,1H2. The number of aromatic nitrogens is 2. The molecule has 1 rings (SSSR count). The van der Waals surface area contributed by atoms with Gasteiger partial charge in [-0.15, -0.1) is 10.2 Å². The summed E-state index contributed by atoms with van der Waals surface area (Å²) in [4.78, 5) is 0. The van der Waals surface area contributed by atoms with Crippen LogP contribution in [0.25, 0.3) is 0 Å². The number of nitrogens with zero attached hydrogens (tertiary/aromatic N) is 2. The van der Waals surface area contributed by atoms with Gasteiger partial charge in [0.05, 0.1) is 0 Å². The van der Waals surface area contributed by atoms with Crippen LogP contribution >= 0.6 is 23.1 Å². The van der Waals surface area contributed by atoms with E-state index in [0.717, 1.165) is 4.34 Å². The number of hydrogen-bond acceptors (Lipinski definition) is 4. The summed E-state index contributed by atoms with van der Waals surface area (Å²) in [7, 11) is 0. The summed E-state index contributed by atoms with van der Waals surface area (Å²) in [6.07, 6.45) is 0. The van der Waals surface area contributed by atoms with E-state index in [4.69, 9.17) is 0 Å². The van der Waals surface area contributed by atoms with Crippen molar-refractivity contribution in [1.82, 2.24) is 10.2 Å². The molecule has 0 N–H and O–H groups in total. The lowest BCUT2D eigenvalue weighted by Crippen LogP contribution is -1.63. The molecule has 0 amide bonds. The van der Waals surface area contributed by atoms with Gasteiger partial charge in [0.1, 0.15) is 5.51 Å². The molecule has 0 saturated heterocycles. The van der Waals surface area contributed by atoms with Crippen LogP contribution in [0.15, 0.2) is 21.8 Å². The van der Waals surface area contributed by atoms with Crippen molar-refractivity contribution in [3.05, 3.63) is 17.5 Å². The Balaban J connectivity index is 2.62. The van der Waals surface area contributed by atoms with E-state index in [1.54, 1.807) is 10.9 Å². The van der Waals surface area contributed by atoms with Crippen LogP contribution < -0.4 is 0 Å². The molecule has 0 fully saturated rings. The summed E-state index contributed by atoms with van der Waals surface area (Å²) in [6, 6.07) is 0. The van der Waals surface area contributed by atoms with Gasteiger partial charge in [-0.2, -0.15) is 0 Å². The fourth-order valence-corrected chi connectivity index (χ4v) is 1.36. The molecule has 1 aromatic heterocycles. The zero-order valence-corrected chi connectivity index (χ0v) is 5.71. The number of thioether (sulfide) groups is 1. The molecule has 2 nitrogen and oxygen atoms in total. The van der Waals surface area contributed by atoms with Gasteiger partial charge in [-0.3, -0.25) is 0 Å². The van der Waals surface area contributed by atoms with Crippen LogP contribution in [0.5, 0.6) is 0 Å². The van der Waals surface area contributed by atoms with E-state index < -0.39 is 0 Å². The SMILES string of the molecule is C=CSc1nncs1. The van der Waals surface area contributed by atoms with Crippen molar-refractivity contribution in [2.24, 2.45) is 0 Å². The molecule has 42 valence electrons. The number of rotatable bonds is 2. The second-order valence-corrected chi connectivity index (χ2v) is 3.04. The minimum Gasteiger partial charge on any atom is -0.146 e. The molecule has 8 heavy (non-hydrogen) atoms. The maximum Gasteiger partial charge on any atom is 0.178 e. The molecule has 0 radical (unpaired) electrons. The van der Waals surface area contributed by atoms with Gasteiger partial charge in [-0.05, 0) is 5.41 Å². The molecule has 0 aliphatic rings. The lowest BCUT2D eigenvalue weighted by atomic mass is 11.3. The summed E-state index contributed by atoms with van der Waals surface area (Å²) in [5, 5.41) is 9.14. The maximum atomic E-state index is 3.77. The molecule has 0 saturated carbocycles. The zero-order valence-electron chi connectivity index (χ0n) is 4.07. The molecular weight excluding hydrogens is 140 g/mol. The quantitative estimate of drug-likeness (QED) is 0.592. The minimum atomic E-state index is 0.944. The highest BCUT2D eigenvalue weighted by Crippen LogP contribution is 2.18. The van der Waals surface area contributed by atoms with E-state index >= 15 is 0 Å². The lowest BCUT2D eigenvalue weighted by Gasteiger charge is -1.77. The summed E-state index contributed by atoms with van der Waals surface area (Å²) in [5.74, 6) is 0. The van der Waals surface area contributed by atoms with Crippen LogP contribution in [0, 0.1) is 0 Å².